The molecule has 0 aliphatic rings. The maximum absolute atomic E-state index is 14.5. The lowest BCUT2D eigenvalue weighted by Gasteiger charge is -2.28. The SMILES string of the molecule is CC(C)C[C@H](NC(=O)[C@@H](NC(=O)CNC(=O)c1ccccc1)C(C)C)C(=O)N[C@@H](CCCCNC(=O)C[C@H](Sc1ccc(Cl)cc1)C(=O)O)C(=O)N[C@@H](CCC(=O)O)C(=O)N[C@@H](Cc1ccc(O)cc1)C(=O)NCC(=O)N[C@H](C(N)=O)C(C)C. The number of phenols is 1. The van der Waals surface area contributed by atoms with Crippen LogP contribution in [-0.4, -0.2) is 147 Å². The molecule has 27 heteroatoms. The lowest BCUT2D eigenvalue weighted by atomic mass is 9.99. The second-order valence-electron chi connectivity index (χ2n) is 20.9. The standard InChI is InChI=1S/C57H77ClN10O15S/c1-31(2)26-41(66-56(81)49(33(5)6)68-46(72)29-61-51(76)35-12-8-7-9-13-35)55(80)63-39(14-10-11-25-60-44(70)28-43(57(82)83)84-38-21-17-36(58)18-22-38)53(78)64-40(23-24-47(73)74)54(79)65-42(27-34-15-19-37(69)20-16-34)52(77)62-30-45(71)67-48(32(3)4)50(59)75/h7-9,12-13,15-22,31-33,39-43,48-49,69H,10-11,14,23-30H2,1-6H3,(H2,59,75)(H,60,70)(H,61,76)(H,62,77)(H,63,80)(H,64,78)(H,65,79)(H,66,81)(H,67,71)(H,68,72)(H,73,74)(H,82,83)/t39-,40-,41-,42-,43-,48-,49-/m0/s1. The van der Waals surface area contributed by atoms with E-state index in [1.54, 1.807) is 96.1 Å². The van der Waals surface area contributed by atoms with E-state index in [0.717, 1.165) is 11.8 Å². The van der Waals surface area contributed by atoms with Gasteiger partial charge in [-0.1, -0.05) is 83.5 Å². The third kappa shape index (κ3) is 25.9. The molecule has 3 rings (SSSR count). The molecule has 0 aliphatic carbocycles. The van der Waals surface area contributed by atoms with E-state index >= 15 is 0 Å². The van der Waals surface area contributed by atoms with Crippen molar-refractivity contribution in [1.82, 2.24) is 47.9 Å². The van der Waals surface area contributed by atoms with Crippen molar-refractivity contribution in [3.8, 4) is 5.75 Å². The summed E-state index contributed by atoms with van der Waals surface area (Å²) in [4.78, 5) is 159. The Bertz CT molecular complexity index is 2750. The Hall–Kier alpha value is -8.26. The normalized spacial score (nSPS) is 13.5. The molecule has 3 aromatic rings. The summed E-state index contributed by atoms with van der Waals surface area (Å²) in [5.41, 5.74) is 6.13. The molecule has 3 aromatic carbocycles. The van der Waals surface area contributed by atoms with Gasteiger partial charge < -0.3 is 68.9 Å². The first-order chi connectivity index (χ1) is 39.6. The molecular weight excluding hydrogens is 1130 g/mol. The summed E-state index contributed by atoms with van der Waals surface area (Å²) < 4.78 is 0. The van der Waals surface area contributed by atoms with Crippen LogP contribution in [0.2, 0.25) is 5.02 Å². The summed E-state index contributed by atoms with van der Waals surface area (Å²) in [6.07, 6.45) is -1.80. The number of nitrogens with two attached hydrogens (primary N) is 1. The van der Waals surface area contributed by atoms with E-state index < -0.39 is 157 Å². The van der Waals surface area contributed by atoms with Gasteiger partial charge in [-0.25, -0.2) is 0 Å². The van der Waals surface area contributed by atoms with Crippen LogP contribution < -0.4 is 53.6 Å². The second kappa shape index (κ2) is 35.7. The number of carboxylic acid groups (broad SMARTS) is 2. The molecule has 84 heavy (non-hydrogen) atoms. The number of nitrogens with one attached hydrogen (secondary N) is 9. The molecule has 0 saturated heterocycles. The number of aromatic hydroxyl groups is 1. The van der Waals surface area contributed by atoms with Gasteiger partial charge in [-0.15, -0.1) is 11.8 Å². The van der Waals surface area contributed by atoms with Crippen molar-refractivity contribution in [2.24, 2.45) is 23.5 Å². The third-order valence-electron chi connectivity index (χ3n) is 12.7. The van der Waals surface area contributed by atoms with Gasteiger partial charge in [0.25, 0.3) is 5.91 Å². The minimum Gasteiger partial charge on any atom is -0.508 e. The van der Waals surface area contributed by atoms with Crippen LogP contribution in [0.25, 0.3) is 0 Å². The molecule has 0 spiro atoms. The molecule has 7 atom stereocenters. The number of carboxylic acids is 2. The number of aliphatic carboxylic acids is 2. The van der Waals surface area contributed by atoms with Crippen molar-refractivity contribution >= 4 is 94.4 Å². The molecule has 10 amide bonds. The molecule has 0 radical (unpaired) electrons. The summed E-state index contributed by atoms with van der Waals surface area (Å²) in [7, 11) is 0. The van der Waals surface area contributed by atoms with E-state index in [-0.39, 0.29) is 50.3 Å². The molecular formula is C57H77ClN10O15S. The first-order valence-corrected chi connectivity index (χ1v) is 28.5. The highest BCUT2D eigenvalue weighted by atomic mass is 35.5. The number of unbranched alkanes of at least 4 members (excludes halogenated alkanes) is 1. The number of phenolic OH excluding ortho intramolecular Hbond substituents is 1. The summed E-state index contributed by atoms with van der Waals surface area (Å²) in [6.45, 7) is 8.92. The zero-order valence-electron chi connectivity index (χ0n) is 47.7. The highest BCUT2D eigenvalue weighted by Gasteiger charge is 2.34. The fourth-order valence-corrected chi connectivity index (χ4v) is 9.24. The Morgan fingerprint density at radius 3 is 1.64 bits per heavy atom. The minimum atomic E-state index is -1.69. The average Bonchev–Trinajstić information content (AvgIpc) is 3.47. The average molecular weight is 1210 g/mol. The van der Waals surface area contributed by atoms with E-state index in [2.05, 4.69) is 47.9 Å². The van der Waals surface area contributed by atoms with Gasteiger partial charge >= 0.3 is 11.9 Å². The van der Waals surface area contributed by atoms with Crippen molar-refractivity contribution in [3.05, 3.63) is 95.0 Å². The van der Waals surface area contributed by atoms with Gasteiger partial charge in [-0.2, -0.15) is 0 Å². The number of hydrogen-bond acceptors (Lipinski definition) is 14. The Morgan fingerprint density at radius 1 is 0.560 bits per heavy atom. The molecule has 0 unspecified atom stereocenters. The highest BCUT2D eigenvalue weighted by Crippen LogP contribution is 2.27. The summed E-state index contributed by atoms with van der Waals surface area (Å²) >= 11 is 6.91. The number of hydrogen-bond donors (Lipinski definition) is 13. The van der Waals surface area contributed by atoms with Gasteiger partial charge in [0.2, 0.25) is 53.2 Å². The van der Waals surface area contributed by atoms with Gasteiger partial charge in [0.1, 0.15) is 47.3 Å². The van der Waals surface area contributed by atoms with Crippen LogP contribution in [0.5, 0.6) is 5.75 Å². The monoisotopic (exact) mass is 1210 g/mol. The molecule has 0 heterocycles. The van der Waals surface area contributed by atoms with Crippen molar-refractivity contribution in [2.45, 2.75) is 139 Å². The van der Waals surface area contributed by atoms with Crippen molar-refractivity contribution in [1.29, 1.82) is 0 Å². The lowest BCUT2D eigenvalue weighted by Crippen LogP contribution is -2.60. The summed E-state index contributed by atoms with van der Waals surface area (Å²) in [6, 6.07) is 11.7. The predicted octanol–water partition coefficient (Wildman–Crippen LogP) is 1.67. The van der Waals surface area contributed by atoms with Crippen molar-refractivity contribution in [3.63, 3.8) is 0 Å². The van der Waals surface area contributed by atoms with Crippen LogP contribution in [-0.2, 0) is 59.2 Å². The van der Waals surface area contributed by atoms with Crippen LogP contribution in [0.4, 0.5) is 0 Å². The van der Waals surface area contributed by atoms with Gasteiger partial charge in [0.15, 0.2) is 0 Å². The number of amides is 10. The van der Waals surface area contributed by atoms with Crippen LogP contribution in [0, 0.1) is 17.8 Å². The van der Waals surface area contributed by atoms with Crippen LogP contribution >= 0.6 is 23.4 Å². The molecule has 0 aromatic heterocycles. The van der Waals surface area contributed by atoms with Gasteiger partial charge in [0.05, 0.1) is 13.1 Å². The number of carbonyl (C=O) groups excluding carboxylic acids is 10. The number of rotatable bonds is 36. The van der Waals surface area contributed by atoms with E-state index in [4.69, 9.17) is 17.3 Å². The molecule has 0 aliphatic heterocycles. The fraction of sp³-hybridized carbons (Fsp3) is 0.474. The molecule has 0 fully saturated rings. The molecule has 458 valence electrons. The minimum absolute atomic E-state index is 0.0106. The predicted molar refractivity (Wildman–Crippen MR) is 311 cm³/mol. The maximum Gasteiger partial charge on any atom is 0.317 e. The number of benzene rings is 3. The summed E-state index contributed by atoms with van der Waals surface area (Å²) in [5, 5.41) is 51.7. The number of halogens is 1. The lowest BCUT2D eigenvalue weighted by molar-refractivity contribution is -0.139. The number of carbonyl (C=O) groups is 12. The van der Waals surface area contributed by atoms with Gasteiger partial charge in [-0.05, 0) is 104 Å². The Balaban J connectivity index is 1.91. The van der Waals surface area contributed by atoms with E-state index in [1.807, 2.05) is 0 Å². The van der Waals surface area contributed by atoms with Gasteiger partial charge in [0, 0.05) is 41.3 Å². The van der Waals surface area contributed by atoms with E-state index in [9.17, 15) is 72.9 Å². The van der Waals surface area contributed by atoms with E-state index in [1.165, 1.54) is 24.3 Å². The molecule has 0 saturated carbocycles. The van der Waals surface area contributed by atoms with E-state index in [0.29, 0.717) is 21.0 Å². The second-order valence-corrected chi connectivity index (χ2v) is 22.6. The van der Waals surface area contributed by atoms with Crippen LogP contribution in [0.1, 0.15) is 102 Å². The van der Waals surface area contributed by atoms with Crippen molar-refractivity contribution in [2.75, 3.05) is 19.6 Å². The van der Waals surface area contributed by atoms with Crippen LogP contribution in [0.3, 0.4) is 0 Å². The first kappa shape index (κ1) is 70.0. The van der Waals surface area contributed by atoms with Gasteiger partial charge in [-0.3, -0.25) is 57.5 Å². The Labute approximate surface area is 496 Å². The summed E-state index contributed by atoms with van der Waals surface area (Å²) in [5.74, 6) is -12.0. The number of thioether (sulfide) groups is 1. The first-order valence-electron chi connectivity index (χ1n) is 27.3. The fourth-order valence-electron chi connectivity index (χ4n) is 8.16. The molecule has 0 bridgehead atoms. The molecule has 14 N–H and O–H groups in total. The smallest absolute Gasteiger partial charge is 0.317 e. The highest BCUT2D eigenvalue weighted by molar-refractivity contribution is 8.00. The largest absolute Gasteiger partial charge is 0.508 e. The zero-order chi connectivity index (χ0) is 62.6. The third-order valence-corrected chi connectivity index (χ3v) is 14.1. The van der Waals surface area contributed by atoms with Crippen molar-refractivity contribution < 1.29 is 72.9 Å². The topological polar surface area (TPSA) is 400 Å². The van der Waals surface area contributed by atoms with Crippen LogP contribution in [0.15, 0.2) is 83.8 Å². The quantitative estimate of drug-likeness (QED) is 0.0291. The number of primary amides is 1. The molecule has 25 nitrogen and oxygen atoms in total. The Kier molecular flexibility index (Phi) is 29.7. The maximum atomic E-state index is 14.5. The zero-order valence-corrected chi connectivity index (χ0v) is 49.2. The Morgan fingerprint density at radius 2 is 1.10 bits per heavy atom.